The summed E-state index contributed by atoms with van der Waals surface area (Å²) in [6, 6.07) is 0. The third-order valence-electron chi connectivity index (χ3n) is 0.992. The molecule has 0 radical (unpaired) electrons. The van der Waals surface area contributed by atoms with E-state index in [4.69, 9.17) is 27.6 Å². The molecule has 0 rings (SSSR count). The van der Waals surface area contributed by atoms with Gasteiger partial charge < -0.3 is 4.65 Å². The first-order valence-corrected chi connectivity index (χ1v) is 4.04. The summed E-state index contributed by atoms with van der Waals surface area (Å²) < 4.78 is 4.87. The monoisotopic (exact) mass is 168 g/mol. The second-order valence-electron chi connectivity index (χ2n) is 1.84. The van der Waals surface area contributed by atoms with E-state index in [1.165, 1.54) is 12.8 Å². The third kappa shape index (κ3) is 8.60. The molecule has 4 heteroatoms. The van der Waals surface area contributed by atoms with Gasteiger partial charge in [-0.25, -0.2) is 0 Å². The summed E-state index contributed by atoms with van der Waals surface area (Å²) in [7, 11) is 0. The van der Waals surface area contributed by atoms with Gasteiger partial charge in [0.1, 0.15) is 0 Å². The maximum atomic E-state index is 5.30. The highest BCUT2D eigenvalue weighted by Crippen LogP contribution is 2.00. The van der Waals surface area contributed by atoms with Gasteiger partial charge in [0, 0.05) is 6.61 Å². The van der Waals surface area contributed by atoms with Crippen molar-refractivity contribution >= 4 is 28.7 Å². The normalized spacial score (nSPS) is 9.67. The van der Waals surface area contributed by atoms with Crippen molar-refractivity contribution in [3.63, 3.8) is 0 Å². The van der Waals surface area contributed by atoms with Gasteiger partial charge in [-0.15, -0.1) is 22.9 Å². The quantitative estimate of drug-likeness (QED) is 0.453. The minimum atomic E-state index is -0.651. The summed E-state index contributed by atoms with van der Waals surface area (Å²) in [5.41, 5.74) is 0. The van der Waals surface area contributed by atoms with Crippen molar-refractivity contribution in [2.24, 2.45) is 0 Å². The minimum absolute atomic E-state index is 0.651. The Hall–Kier alpha value is 0.605. The Labute approximate surface area is 66.6 Å². The molecule has 0 amide bonds. The van der Waals surface area contributed by atoms with Crippen LogP contribution in [0.3, 0.4) is 0 Å². The van der Waals surface area contributed by atoms with Gasteiger partial charge in [-0.3, -0.25) is 0 Å². The van der Waals surface area contributed by atoms with Gasteiger partial charge >= 0.3 is 5.75 Å². The van der Waals surface area contributed by atoms with Crippen molar-refractivity contribution in [3.05, 3.63) is 0 Å². The molecule has 0 aromatic carbocycles. The van der Waals surface area contributed by atoms with E-state index < -0.39 is 5.75 Å². The van der Waals surface area contributed by atoms with Crippen molar-refractivity contribution in [1.82, 2.24) is 0 Å². The van der Waals surface area contributed by atoms with E-state index in [1.54, 1.807) is 0 Å². The second kappa shape index (κ2) is 6.72. The predicted molar refractivity (Wildman–Crippen MR) is 42.9 cm³/mol. The fourth-order valence-corrected chi connectivity index (χ4v) is 0.703. The zero-order valence-corrected chi connectivity index (χ0v) is 7.08. The molecule has 0 heterocycles. The molecule has 0 bridgehead atoms. The van der Waals surface area contributed by atoms with E-state index in [-0.39, 0.29) is 0 Å². The number of hydrogen-bond acceptors (Lipinski definition) is 1. The maximum absolute atomic E-state index is 5.30. The molecule has 0 saturated carbocycles. The summed E-state index contributed by atoms with van der Waals surface area (Å²) in [4.78, 5) is 0. The first kappa shape index (κ1) is 9.60. The van der Waals surface area contributed by atoms with E-state index in [1.807, 2.05) is 0 Å². The SMILES string of the molecule is CCCCCOB(Cl)Cl. The standard InChI is InChI=1S/C5H11BCl2O/c1-2-3-4-5-9-6(7)8/h2-5H2,1H3. The number of rotatable bonds is 5. The molecule has 0 aromatic rings. The smallest absolute Gasteiger partial charge is 0.409 e. The average Bonchev–Trinajstić information content (AvgIpc) is 1.80. The van der Waals surface area contributed by atoms with Crippen LogP contribution < -0.4 is 0 Å². The van der Waals surface area contributed by atoms with Crippen LogP contribution >= 0.6 is 22.9 Å². The predicted octanol–water partition coefficient (Wildman–Crippen LogP) is 2.66. The van der Waals surface area contributed by atoms with Gasteiger partial charge in [-0.1, -0.05) is 19.8 Å². The van der Waals surface area contributed by atoms with Crippen molar-refractivity contribution in [3.8, 4) is 0 Å². The van der Waals surface area contributed by atoms with E-state index >= 15 is 0 Å². The molecule has 0 aliphatic heterocycles. The topological polar surface area (TPSA) is 9.23 Å². The summed E-state index contributed by atoms with van der Waals surface area (Å²) in [5, 5.41) is 0. The van der Waals surface area contributed by atoms with Gasteiger partial charge in [0.05, 0.1) is 0 Å². The number of halogens is 2. The Bertz CT molecular complexity index is 60.9. The van der Waals surface area contributed by atoms with Crippen LogP contribution in [0.5, 0.6) is 0 Å². The van der Waals surface area contributed by atoms with Gasteiger partial charge in [0.15, 0.2) is 0 Å². The lowest BCUT2D eigenvalue weighted by Gasteiger charge is -1.99. The highest BCUT2D eigenvalue weighted by molar-refractivity contribution is 7.30. The molecule has 0 aliphatic rings. The molecular weight excluding hydrogens is 158 g/mol. The first-order valence-electron chi connectivity index (χ1n) is 3.17. The van der Waals surface area contributed by atoms with Crippen LogP contribution in [0.4, 0.5) is 0 Å². The average molecular weight is 169 g/mol. The van der Waals surface area contributed by atoms with Crippen LogP contribution in [0.25, 0.3) is 0 Å². The highest BCUT2D eigenvalue weighted by atomic mass is 35.5. The summed E-state index contributed by atoms with van der Waals surface area (Å²) >= 11 is 10.6. The van der Waals surface area contributed by atoms with Crippen LogP contribution in [-0.2, 0) is 4.65 Å². The van der Waals surface area contributed by atoms with Gasteiger partial charge in [0.25, 0.3) is 0 Å². The van der Waals surface area contributed by atoms with Gasteiger partial charge in [-0.05, 0) is 6.42 Å². The molecule has 0 spiro atoms. The van der Waals surface area contributed by atoms with Crippen molar-refractivity contribution in [2.75, 3.05) is 6.61 Å². The minimum Gasteiger partial charge on any atom is -0.409 e. The molecule has 0 aromatic heterocycles. The Morgan fingerprint density at radius 1 is 1.33 bits per heavy atom. The molecule has 9 heavy (non-hydrogen) atoms. The van der Waals surface area contributed by atoms with Crippen molar-refractivity contribution in [1.29, 1.82) is 0 Å². The molecule has 0 unspecified atom stereocenters. The maximum Gasteiger partial charge on any atom is 0.508 e. The van der Waals surface area contributed by atoms with Crippen LogP contribution in [0.2, 0.25) is 0 Å². The lowest BCUT2D eigenvalue weighted by atomic mass is 10.3. The second-order valence-corrected chi connectivity index (χ2v) is 2.85. The van der Waals surface area contributed by atoms with E-state index in [0.717, 1.165) is 6.42 Å². The van der Waals surface area contributed by atoms with Crippen LogP contribution in [0.15, 0.2) is 0 Å². The molecule has 1 nitrogen and oxygen atoms in total. The summed E-state index contributed by atoms with van der Waals surface area (Å²) in [5.74, 6) is -0.651. The Morgan fingerprint density at radius 3 is 2.44 bits per heavy atom. The van der Waals surface area contributed by atoms with Gasteiger partial charge in [0.2, 0.25) is 0 Å². The van der Waals surface area contributed by atoms with Crippen LogP contribution in [0.1, 0.15) is 26.2 Å². The molecule has 0 N–H and O–H groups in total. The van der Waals surface area contributed by atoms with Crippen molar-refractivity contribution in [2.45, 2.75) is 26.2 Å². The highest BCUT2D eigenvalue weighted by Gasteiger charge is 2.04. The fourth-order valence-electron chi connectivity index (χ4n) is 0.524. The number of hydrogen-bond donors (Lipinski definition) is 0. The molecule has 0 saturated heterocycles. The van der Waals surface area contributed by atoms with E-state index in [2.05, 4.69) is 6.92 Å². The number of unbranched alkanes of at least 4 members (excludes halogenated alkanes) is 2. The van der Waals surface area contributed by atoms with Crippen LogP contribution in [0, 0.1) is 0 Å². The Kier molecular flexibility index (Phi) is 7.17. The fraction of sp³-hybridized carbons (Fsp3) is 1.00. The molecule has 54 valence electrons. The summed E-state index contributed by atoms with van der Waals surface area (Å²) in [6.07, 6.45) is 3.42. The molecule has 0 aliphatic carbocycles. The zero-order valence-electron chi connectivity index (χ0n) is 5.57. The molecule has 0 fully saturated rings. The lowest BCUT2D eigenvalue weighted by molar-refractivity contribution is 0.327. The van der Waals surface area contributed by atoms with Crippen molar-refractivity contribution < 1.29 is 4.65 Å². The largest absolute Gasteiger partial charge is 0.508 e. The Morgan fingerprint density at radius 2 is 2.00 bits per heavy atom. The van der Waals surface area contributed by atoms with Crippen LogP contribution in [-0.4, -0.2) is 12.4 Å². The lowest BCUT2D eigenvalue weighted by Crippen LogP contribution is -2.02. The molecule has 0 atom stereocenters. The van der Waals surface area contributed by atoms with E-state index in [0.29, 0.717) is 6.61 Å². The molecular formula is C5H11BCl2O. The first-order chi connectivity index (χ1) is 4.27. The zero-order chi connectivity index (χ0) is 7.11. The van der Waals surface area contributed by atoms with Gasteiger partial charge in [-0.2, -0.15) is 0 Å². The third-order valence-corrected chi connectivity index (χ3v) is 1.24. The Balaban J connectivity index is 2.75. The summed E-state index contributed by atoms with van der Waals surface area (Å²) in [6.45, 7) is 2.81. The van der Waals surface area contributed by atoms with E-state index in [9.17, 15) is 0 Å².